The molecule has 0 aromatic rings. The highest BCUT2D eigenvalue weighted by atomic mass is 15.2. The number of rotatable bonds is 2. The summed E-state index contributed by atoms with van der Waals surface area (Å²) in [6.07, 6.45) is 9.74. The fourth-order valence-corrected chi connectivity index (χ4v) is 3.78. The van der Waals surface area contributed by atoms with Gasteiger partial charge in [0.2, 0.25) is 0 Å². The summed E-state index contributed by atoms with van der Waals surface area (Å²) < 4.78 is 0. The Kier molecular flexibility index (Phi) is 5.50. The molecule has 2 heteroatoms. The Hall–Kier alpha value is -0.0800. The van der Waals surface area contributed by atoms with E-state index < -0.39 is 0 Å². The molecule has 0 amide bonds. The molecule has 4 atom stereocenters. The van der Waals surface area contributed by atoms with E-state index in [1.807, 2.05) is 0 Å². The molecule has 2 rings (SSSR count). The summed E-state index contributed by atoms with van der Waals surface area (Å²) in [4.78, 5) is 2.82. The van der Waals surface area contributed by atoms with E-state index in [0.29, 0.717) is 6.04 Å². The summed E-state index contributed by atoms with van der Waals surface area (Å²) in [5.74, 6) is 0.951. The van der Waals surface area contributed by atoms with E-state index >= 15 is 0 Å². The monoisotopic (exact) mass is 252 g/mol. The quantitative estimate of drug-likeness (QED) is 0.810. The summed E-state index contributed by atoms with van der Waals surface area (Å²) in [5.41, 5.74) is 0. The first-order valence-electron chi connectivity index (χ1n) is 8.19. The van der Waals surface area contributed by atoms with Crippen molar-refractivity contribution in [2.75, 3.05) is 13.1 Å². The van der Waals surface area contributed by atoms with Gasteiger partial charge >= 0.3 is 0 Å². The van der Waals surface area contributed by atoms with Crippen LogP contribution in [-0.4, -0.2) is 36.1 Å². The molecule has 2 nitrogen and oxygen atoms in total. The molecule has 2 aliphatic rings. The first-order chi connectivity index (χ1) is 8.69. The molecule has 0 aromatic carbocycles. The molecular weight excluding hydrogens is 220 g/mol. The van der Waals surface area contributed by atoms with Crippen molar-refractivity contribution in [1.29, 1.82) is 0 Å². The number of hydrogen-bond acceptors (Lipinski definition) is 2. The number of nitrogens with zero attached hydrogens (tertiary/aromatic N) is 1. The van der Waals surface area contributed by atoms with Crippen LogP contribution in [-0.2, 0) is 0 Å². The van der Waals surface area contributed by atoms with Gasteiger partial charge in [0, 0.05) is 18.1 Å². The van der Waals surface area contributed by atoms with E-state index in [0.717, 1.165) is 18.0 Å². The number of hydrogen-bond donors (Lipinski definition) is 1. The third kappa shape index (κ3) is 3.96. The maximum absolute atomic E-state index is 3.77. The van der Waals surface area contributed by atoms with Crippen LogP contribution in [0.2, 0.25) is 0 Å². The minimum atomic E-state index is 0.693. The average Bonchev–Trinajstić information content (AvgIpc) is 2.34. The molecule has 1 N–H and O–H groups in total. The van der Waals surface area contributed by atoms with Gasteiger partial charge in [-0.3, -0.25) is 0 Å². The van der Waals surface area contributed by atoms with Crippen LogP contribution in [0.25, 0.3) is 0 Å². The minimum Gasteiger partial charge on any atom is -0.311 e. The predicted octanol–water partition coefficient (Wildman–Crippen LogP) is 3.42. The molecule has 0 spiro atoms. The molecular formula is C16H32N2. The Morgan fingerprint density at radius 2 is 1.83 bits per heavy atom. The van der Waals surface area contributed by atoms with E-state index in [9.17, 15) is 0 Å². The molecule has 106 valence electrons. The summed E-state index contributed by atoms with van der Waals surface area (Å²) in [6.45, 7) is 9.74. The van der Waals surface area contributed by atoms with Crippen LogP contribution < -0.4 is 5.32 Å². The van der Waals surface area contributed by atoms with Crippen LogP contribution in [0.15, 0.2) is 0 Å². The lowest BCUT2D eigenvalue weighted by molar-refractivity contribution is 0.112. The van der Waals surface area contributed by atoms with Crippen molar-refractivity contribution >= 4 is 0 Å². The maximum atomic E-state index is 3.77. The zero-order valence-electron chi connectivity index (χ0n) is 12.6. The van der Waals surface area contributed by atoms with Crippen molar-refractivity contribution in [2.45, 2.75) is 83.8 Å². The largest absolute Gasteiger partial charge is 0.311 e. The first-order valence-corrected chi connectivity index (χ1v) is 8.19. The lowest BCUT2D eigenvalue weighted by Gasteiger charge is -2.40. The smallest absolute Gasteiger partial charge is 0.00978 e. The van der Waals surface area contributed by atoms with Crippen LogP contribution in [0, 0.1) is 5.92 Å². The minimum absolute atomic E-state index is 0.693. The van der Waals surface area contributed by atoms with E-state index in [-0.39, 0.29) is 0 Å². The molecule has 0 bridgehead atoms. The molecule has 0 radical (unpaired) electrons. The fourth-order valence-electron chi connectivity index (χ4n) is 3.78. The SMILES string of the molecule is CCC1CCN(C2CCCC(C)C2)CCC(C)N1. The Balaban J connectivity index is 1.90. The summed E-state index contributed by atoms with van der Waals surface area (Å²) >= 11 is 0. The van der Waals surface area contributed by atoms with E-state index in [1.165, 1.54) is 58.0 Å². The van der Waals surface area contributed by atoms with Gasteiger partial charge in [-0.15, -0.1) is 0 Å². The van der Waals surface area contributed by atoms with Crippen LogP contribution in [0.3, 0.4) is 0 Å². The van der Waals surface area contributed by atoms with E-state index in [4.69, 9.17) is 0 Å². The highest BCUT2D eigenvalue weighted by Crippen LogP contribution is 2.28. The normalized spacial score (nSPS) is 40.2. The molecule has 1 heterocycles. The molecule has 1 saturated heterocycles. The standard InChI is InChI=1S/C16H32N2/c1-4-15-9-11-18(10-8-14(3)17-15)16-7-5-6-13(2)12-16/h13-17H,4-12H2,1-3H3. The first kappa shape index (κ1) is 14.3. The summed E-state index contributed by atoms with van der Waals surface area (Å²) in [5, 5.41) is 3.77. The van der Waals surface area contributed by atoms with Crippen LogP contribution in [0.4, 0.5) is 0 Å². The van der Waals surface area contributed by atoms with Gasteiger partial charge in [-0.05, 0) is 58.0 Å². The summed E-state index contributed by atoms with van der Waals surface area (Å²) in [7, 11) is 0. The van der Waals surface area contributed by atoms with Crippen molar-refractivity contribution in [1.82, 2.24) is 10.2 Å². The Bertz CT molecular complexity index is 241. The third-order valence-corrected chi connectivity index (χ3v) is 5.05. The van der Waals surface area contributed by atoms with Crippen molar-refractivity contribution in [3.63, 3.8) is 0 Å². The molecule has 18 heavy (non-hydrogen) atoms. The topological polar surface area (TPSA) is 15.3 Å². The van der Waals surface area contributed by atoms with Gasteiger partial charge in [0.25, 0.3) is 0 Å². The van der Waals surface area contributed by atoms with Gasteiger partial charge in [-0.2, -0.15) is 0 Å². The second-order valence-corrected chi connectivity index (χ2v) is 6.71. The fraction of sp³-hybridized carbons (Fsp3) is 1.00. The highest BCUT2D eigenvalue weighted by molar-refractivity contribution is 4.83. The molecule has 2 fully saturated rings. The van der Waals surface area contributed by atoms with Crippen LogP contribution in [0.1, 0.15) is 65.7 Å². The second kappa shape index (κ2) is 6.91. The Morgan fingerprint density at radius 3 is 2.56 bits per heavy atom. The maximum Gasteiger partial charge on any atom is 0.00978 e. The molecule has 4 unspecified atom stereocenters. The highest BCUT2D eigenvalue weighted by Gasteiger charge is 2.26. The van der Waals surface area contributed by atoms with Gasteiger partial charge in [0.15, 0.2) is 0 Å². The van der Waals surface area contributed by atoms with E-state index in [2.05, 4.69) is 31.0 Å². The van der Waals surface area contributed by atoms with Crippen LogP contribution in [0.5, 0.6) is 0 Å². The average molecular weight is 252 g/mol. The lowest BCUT2D eigenvalue weighted by atomic mass is 9.85. The van der Waals surface area contributed by atoms with Crippen LogP contribution >= 0.6 is 0 Å². The van der Waals surface area contributed by atoms with Crippen molar-refractivity contribution in [3.05, 3.63) is 0 Å². The lowest BCUT2D eigenvalue weighted by Crippen LogP contribution is -2.47. The second-order valence-electron chi connectivity index (χ2n) is 6.71. The molecule has 1 aliphatic heterocycles. The Morgan fingerprint density at radius 1 is 1.06 bits per heavy atom. The molecule has 1 saturated carbocycles. The third-order valence-electron chi connectivity index (χ3n) is 5.05. The Labute approximate surface area is 114 Å². The number of nitrogens with one attached hydrogen (secondary N) is 1. The van der Waals surface area contributed by atoms with Gasteiger partial charge < -0.3 is 10.2 Å². The molecule has 0 aromatic heterocycles. The van der Waals surface area contributed by atoms with Crippen molar-refractivity contribution in [2.24, 2.45) is 5.92 Å². The van der Waals surface area contributed by atoms with Gasteiger partial charge in [0.1, 0.15) is 0 Å². The van der Waals surface area contributed by atoms with E-state index in [1.54, 1.807) is 0 Å². The van der Waals surface area contributed by atoms with Gasteiger partial charge in [-0.1, -0.05) is 26.7 Å². The zero-order valence-corrected chi connectivity index (χ0v) is 12.6. The van der Waals surface area contributed by atoms with Gasteiger partial charge in [0.05, 0.1) is 0 Å². The van der Waals surface area contributed by atoms with Crippen molar-refractivity contribution < 1.29 is 0 Å². The van der Waals surface area contributed by atoms with Gasteiger partial charge in [-0.25, -0.2) is 0 Å². The van der Waals surface area contributed by atoms with Crippen molar-refractivity contribution in [3.8, 4) is 0 Å². The summed E-state index contributed by atoms with van der Waals surface area (Å²) in [6, 6.07) is 2.32. The zero-order chi connectivity index (χ0) is 13.0. The molecule has 1 aliphatic carbocycles. The predicted molar refractivity (Wildman–Crippen MR) is 78.9 cm³/mol.